The number of carbonyl (C=O) groups is 1. The molecule has 0 fully saturated rings. The van der Waals surface area contributed by atoms with Gasteiger partial charge in [-0.1, -0.05) is 30.1 Å². The number of hydrogen-bond donors (Lipinski definition) is 2. The lowest BCUT2D eigenvalue weighted by atomic mass is 10.3. The standard InChI is InChI=1S/C12H16Cl2N2O/c1-2-6-16-12(17)5-7-15-9-3-4-10(13)11(14)8-9/h3-4,8,15H,2,5-7H2,1H3,(H,16,17). The Hall–Kier alpha value is -0.930. The van der Waals surface area contributed by atoms with Crippen molar-refractivity contribution >= 4 is 34.8 Å². The summed E-state index contributed by atoms with van der Waals surface area (Å²) in [6.07, 6.45) is 1.40. The smallest absolute Gasteiger partial charge is 0.221 e. The number of carbonyl (C=O) groups excluding carboxylic acids is 1. The monoisotopic (exact) mass is 274 g/mol. The molecule has 1 aromatic carbocycles. The molecule has 1 aromatic rings. The first-order valence-electron chi connectivity index (χ1n) is 5.59. The SMILES string of the molecule is CCCNC(=O)CCNc1ccc(Cl)c(Cl)c1. The predicted molar refractivity (Wildman–Crippen MR) is 72.9 cm³/mol. The highest BCUT2D eigenvalue weighted by atomic mass is 35.5. The Labute approximate surface area is 111 Å². The normalized spacial score (nSPS) is 10.1. The van der Waals surface area contributed by atoms with Crippen molar-refractivity contribution in [2.45, 2.75) is 19.8 Å². The minimum atomic E-state index is 0.0550. The van der Waals surface area contributed by atoms with Gasteiger partial charge in [0.05, 0.1) is 10.0 Å². The maximum absolute atomic E-state index is 11.3. The quantitative estimate of drug-likeness (QED) is 0.836. The van der Waals surface area contributed by atoms with Crippen LogP contribution >= 0.6 is 23.2 Å². The Morgan fingerprint density at radius 1 is 1.24 bits per heavy atom. The van der Waals surface area contributed by atoms with Crippen molar-refractivity contribution < 1.29 is 4.79 Å². The molecular weight excluding hydrogens is 259 g/mol. The Balaban J connectivity index is 2.30. The zero-order valence-corrected chi connectivity index (χ0v) is 11.2. The van der Waals surface area contributed by atoms with Crippen LogP contribution in [-0.4, -0.2) is 19.0 Å². The Kier molecular flexibility index (Phi) is 6.16. The number of amides is 1. The highest BCUT2D eigenvalue weighted by Crippen LogP contribution is 2.24. The van der Waals surface area contributed by atoms with Gasteiger partial charge in [0.2, 0.25) is 5.91 Å². The Bertz CT molecular complexity index is 383. The summed E-state index contributed by atoms with van der Waals surface area (Å²) in [5.41, 5.74) is 0.864. The van der Waals surface area contributed by atoms with Crippen LogP contribution in [-0.2, 0) is 4.79 Å². The van der Waals surface area contributed by atoms with Gasteiger partial charge in [-0.15, -0.1) is 0 Å². The van der Waals surface area contributed by atoms with Crippen LogP contribution in [0.25, 0.3) is 0 Å². The molecule has 0 atom stereocenters. The van der Waals surface area contributed by atoms with E-state index < -0.39 is 0 Å². The molecule has 2 N–H and O–H groups in total. The van der Waals surface area contributed by atoms with E-state index in [-0.39, 0.29) is 5.91 Å². The van der Waals surface area contributed by atoms with Gasteiger partial charge in [0, 0.05) is 25.2 Å². The van der Waals surface area contributed by atoms with Crippen molar-refractivity contribution in [1.29, 1.82) is 0 Å². The van der Waals surface area contributed by atoms with Crippen LogP contribution in [0.4, 0.5) is 5.69 Å². The van der Waals surface area contributed by atoms with E-state index >= 15 is 0 Å². The van der Waals surface area contributed by atoms with Gasteiger partial charge in [0.1, 0.15) is 0 Å². The van der Waals surface area contributed by atoms with E-state index in [4.69, 9.17) is 23.2 Å². The fourth-order valence-electron chi connectivity index (χ4n) is 1.28. The van der Waals surface area contributed by atoms with Crippen molar-refractivity contribution in [2.75, 3.05) is 18.4 Å². The second-order valence-electron chi connectivity index (χ2n) is 3.66. The van der Waals surface area contributed by atoms with Crippen molar-refractivity contribution in [3.63, 3.8) is 0 Å². The lowest BCUT2D eigenvalue weighted by Gasteiger charge is -2.07. The zero-order chi connectivity index (χ0) is 12.7. The second-order valence-corrected chi connectivity index (χ2v) is 4.47. The van der Waals surface area contributed by atoms with E-state index in [0.717, 1.165) is 18.7 Å². The summed E-state index contributed by atoms with van der Waals surface area (Å²) < 4.78 is 0. The summed E-state index contributed by atoms with van der Waals surface area (Å²) in [5.74, 6) is 0.0550. The minimum absolute atomic E-state index is 0.0550. The summed E-state index contributed by atoms with van der Waals surface area (Å²) in [6, 6.07) is 5.30. The molecule has 0 aliphatic heterocycles. The first kappa shape index (κ1) is 14.1. The summed E-state index contributed by atoms with van der Waals surface area (Å²) in [5, 5.41) is 6.96. The number of rotatable bonds is 6. The van der Waals surface area contributed by atoms with E-state index in [0.29, 0.717) is 23.0 Å². The first-order valence-corrected chi connectivity index (χ1v) is 6.34. The molecule has 1 rings (SSSR count). The molecule has 0 bridgehead atoms. The van der Waals surface area contributed by atoms with Gasteiger partial charge in [0.25, 0.3) is 0 Å². The molecule has 1 amide bonds. The van der Waals surface area contributed by atoms with Crippen LogP contribution in [0.1, 0.15) is 19.8 Å². The maximum atomic E-state index is 11.3. The highest BCUT2D eigenvalue weighted by Gasteiger charge is 2.01. The zero-order valence-electron chi connectivity index (χ0n) is 9.72. The van der Waals surface area contributed by atoms with Gasteiger partial charge < -0.3 is 10.6 Å². The molecule has 0 saturated heterocycles. The molecule has 0 aliphatic carbocycles. The molecule has 0 aliphatic rings. The largest absolute Gasteiger partial charge is 0.384 e. The fourth-order valence-corrected chi connectivity index (χ4v) is 1.58. The summed E-state index contributed by atoms with van der Waals surface area (Å²) in [7, 11) is 0. The van der Waals surface area contributed by atoms with E-state index in [1.807, 2.05) is 13.0 Å². The van der Waals surface area contributed by atoms with Gasteiger partial charge in [-0.2, -0.15) is 0 Å². The molecule has 0 unspecified atom stereocenters. The number of halogens is 2. The molecule has 0 spiro atoms. The number of benzene rings is 1. The van der Waals surface area contributed by atoms with Gasteiger partial charge in [-0.25, -0.2) is 0 Å². The number of hydrogen-bond acceptors (Lipinski definition) is 2. The van der Waals surface area contributed by atoms with Crippen LogP contribution in [0.2, 0.25) is 10.0 Å². The first-order chi connectivity index (χ1) is 8.13. The number of anilines is 1. The molecule has 94 valence electrons. The number of nitrogens with one attached hydrogen (secondary N) is 2. The second kappa shape index (κ2) is 7.41. The van der Waals surface area contributed by atoms with E-state index in [1.54, 1.807) is 12.1 Å². The molecule has 5 heteroatoms. The maximum Gasteiger partial charge on any atom is 0.221 e. The Morgan fingerprint density at radius 2 is 2.00 bits per heavy atom. The van der Waals surface area contributed by atoms with Gasteiger partial charge >= 0.3 is 0 Å². The van der Waals surface area contributed by atoms with Crippen molar-refractivity contribution in [3.05, 3.63) is 28.2 Å². The highest BCUT2D eigenvalue weighted by molar-refractivity contribution is 6.42. The van der Waals surface area contributed by atoms with Crippen LogP contribution in [0.15, 0.2) is 18.2 Å². The Morgan fingerprint density at radius 3 is 2.65 bits per heavy atom. The average molecular weight is 275 g/mol. The van der Waals surface area contributed by atoms with Crippen LogP contribution in [0.5, 0.6) is 0 Å². The molecule has 0 radical (unpaired) electrons. The minimum Gasteiger partial charge on any atom is -0.384 e. The summed E-state index contributed by atoms with van der Waals surface area (Å²) >= 11 is 11.7. The predicted octanol–water partition coefficient (Wildman–Crippen LogP) is 3.32. The van der Waals surface area contributed by atoms with Crippen LogP contribution < -0.4 is 10.6 Å². The van der Waals surface area contributed by atoms with Crippen molar-refractivity contribution in [1.82, 2.24) is 5.32 Å². The third-order valence-corrected chi connectivity index (χ3v) is 2.91. The van der Waals surface area contributed by atoms with Gasteiger partial charge in [-0.05, 0) is 24.6 Å². The molecule has 17 heavy (non-hydrogen) atoms. The van der Waals surface area contributed by atoms with E-state index in [1.165, 1.54) is 0 Å². The third kappa shape index (κ3) is 5.29. The van der Waals surface area contributed by atoms with E-state index in [2.05, 4.69) is 10.6 Å². The third-order valence-electron chi connectivity index (χ3n) is 2.17. The van der Waals surface area contributed by atoms with Crippen molar-refractivity contribution in [2.24, 2.45) is 0 Å². The van der Waals surface area contributed by atoms with E-state index in [9.17, 15) is 4.79 Å². The van der Waals surface area contributed by atoms with Gasteiger partial charge in [0.15, 0.2) is 0 Å². The lowest BCUT2D eigenvalue weighted by molar-refractivity contribution is -0.120. The average Bonchev–Trinajstić information content (AvgIpc) is 2.31. The molecule has 0 aromatic heterocycles. The van der Waals surface area contributed by atoms with Crippen molar-refractivity contribution in [3.8, 4) is 0 Å². The summed E-state index contributed by atoms with van der Waals surface area (Å²) in [4.78, 5) is 11.3. The summed E-state index contributed by atoms with van der Waals surface area (Å²) in [6.45, 7) is 3.33. The molecule has 0 heterocycles. The van der Waals surface area contributed by atoms with Gasteiger partial charge in [-0.3, -0.25) is 4.79 Å². The lowest BCUT2D eigenvalue weighted by Crippen LogP contribution is -2.25. The fraction of sp³-hybridized carbons (Fsp3) is 0.417. The topological polar surface area (TPSA) is 41.1 Å². The van der Waals surface area contributed by atoms with Crippen LogP contribution in [0.3, 0.4) is 0 Å². The molecular formula is C12H16Cl2N2O. The molecule has 3 nitrogen and oxygen atoms in total. The molecule has 0 saturated carbocycles. The van der Waals surface area contributed by atoms with Crippen LogP contribution in [0, 0.1) is 0 Å².